The van der Waals surface area contributed by atoms with Crippen LogP contribution in [-0.2, 0) is 71.4 Å². The van der Waals surface area contributed by atoms with Crippen LogP contribution < -0.4 is 14.2 Å². The normalized spacial score (nSPS) is 28.4. The van der Waals surface area contributed by atoms with E-state index in [-0.39, 0.29) is 23.5 Å². The molecule has 0 spiro atoms. The van der Waals surface area contributed by atoms with Gasteiger partial charge in [0.1, 0.15) is 40.8 Å². The Hall–Kier alpha value is -5.99. The first-order valence-electron chi connectivity index (χ1n) is 18.7. The van der Waals surface area contributed by atoms with Crippen LogP contribution in [0.25, 0.3) is 0 Å². The molecule has 0 aliphatic carbocycles. The first-order valence-corrected chi connectivity index (χ1v) is 18.7. The SMILES string of the molecule is COc1ccc(C2CC(=O)c3c(O)cc(OC4OC(COC5OC(C)C(OC(C)=O)C(OC(C)=O)C5OC(C)=O)C(OC(C)=O)C(OC(C)=O)C4OC(C)=O)cc3O2)cc1. The predicted octanol–water partition coefficient (Wildman–Crippen LogP) is 2.56. The highest BCUT2D eigenvalue weighted by molar-refractivity contribution is 6.02. The van der Waals surface area contributed by atoms with Gasteiger partial charge in [0.25, 0.3) is 0 Å². The molecule has 5 rings (SSSR count). The number of hydrogen-bond acceptors (Lipinski definition) is 20. The standard InChI is InChI=1S/C40H46O20/c1-17-33(52-18(2)41)35(54-20(4)43)37(56-22(6)45)39(51-17)50-16-31-34(53-19(3)42)36(55-21(5)44)38(57-23(7)46)40(60-31)58-26-13-27(47)32-28(48)15-29(59-30(32)14-26)24-9-11-25(49-8)12-10-24/h9-14,17,29,31,33-40,47H,15-16H2,1-8H3. The number of phenols is 1. The molecule has 1 N–H and O–H groups in total. The van der Waals surface area contributed by atoms with Gasteiger partial charge in [-0.3, -0.25) is 33.6 Å². The van der Waals surface area contributed by atoms with E-state index < -0.39 is 121 Å². The molecule has 0 aromatic heterocycles. The van der Waals surface area contributed by atoms with Gasteiger partial charge in [-0.15, -0.1) is 0 Å². The molecule has 3 heterocycles. The Morgan fingerprint density at radius 2 is 1.15 bits per heavy atom. The van der Waals surface area contributed by atoms with Gasteiger partial charge in [-0.25, -0.2) is 0 Å². The number of carbonyl (C=O) groups is 7. The zero-order chi connectivity index (χ0) is 44.0. The Bertz CT molecular complexity index is 1940. The number of Topliss-reactive ketones (excluding diaryl/α,β-unsaturated/α-hetero) is 1. The largest absolute Gasteiger partial charge is 0.507 e. The molecule has 60 heavy (non-hydrogen) atoms. The number of carbonyl (C=O) groups excluding carboxylic acids is 7. The number of benzene rings is 2. The third kappa shape index (κ3) is 11.0. The van der Waals surface area contributed by atoms with Gasteiger partial charge in [0, 0.05) is 53.7 Å². The number of aromatic hydroxyl groups is 1. The van der Waals surface area contributed by atoms with E-state index in [1.54, 1.807) is 24.3 Å². The van der Waals surface area contributed by atoms with Crippen molar-refractivity contribution in [2.24, 2.45) is 0 Å². The summed E-state index contributed by atoms with van der Waals surface area (Å²) in [5.41, 5.74) is 0.530. The maximum absolute atomic E-state index is 13.3. The molecule has 20 nitrogen and oxygen atoms in total. The van der Waals surface area contributed by atoms with Gasteiger partial charge in [-0.1, -0.05) is 12.1 Å². The van der Waals surface area contributed by atoms with Gasteiger partial charge in [-0.2, -0.15) is 0 Å². The molecule has 326 valence electrons. The molecule has 2 aromatic rings. The van der Waals surface area contributed by atoms with Crippen molar-refractivity contribution in [3.8, 4) is 23.0 Å². The van der Waals surface area contributed by atoms with Crippen molar-refractivity contribution in [3.05, 3.63) is 47.5 Å². The molecule has 2 fully saturated rings. The molecule has 2 aromatic carbocycles. The number of esters is 6. The van der Waals surface area contributed by atoms with E-state index in [1.807, 2.05) is 0 Å². The molecule has 11 unspecified atom stereocenters. The van der Waals surface area contributed by atoms with E-state index in [4.69, 9.17) is 56.8 Å². The van der Waals surface area contributed by atoms with Crippen molar-refractivity contribution < 1.29 is 95.5 Å². The molecule has 0 bridgehead atoms. The van der Waals surface area contributed by atoms with Gasteiger partial charge in [0.05, 0.1) is 26.2 Å². The second-order valence-corrected chi connectivity index (χ2v) is 14.0. The van der Waals surface area contributed by atoms with Gasteiger partial charge < -0.3 is 61.9 Å². The number of fused-ring (bicyclic) bond motifs is 1. The highest BCUT2D eigenvalue weighted by atomic mass is 16.8. The van der Waals surface area contributed by atoms with Crippen molar-refractivity contribution in [1.82, 2.24) is 0 Å². The van der Waals surface area contributed by atoms with Crippen molar-refractivity contribution >= 4 is 41.6 Å². The van der Waals surface area contributed by atoms with Gasteiger partial charge >= 0.3 is 35.8 Å². The van der Waals surface area contributed by atoms with Gasteiger partial charge in [-0.05, 0) is 24.6 Å². The summed E-state index contributed by atoms with van der Waals surface area (Å²) in [4.78, 5) is 87.3. The zero-order valence-corrected chi connectivity index (χ0v) is 33.9. The number of hydrogen-bond donors (Lipinski definition) is 1. The Balaban J connectivity index is 1.49. The molecule has 0 amide bonds. The minimum Gasteiger partial charge on any atom is -0.507 e. The Kier molecular flexibility index (Phi) is 14.6. The second kappa shape index (κ2) is 19.4. The number of methoxy groups -OCH3 is 1. The summed E-state index contributed by atoms with van der Waals surface area (Å²) in [7, 11) is 1.51. The first-order chi connectivity index (χ1) is 28.3. The fourth-order valence-electron chi connectivity index (χ4n) is 7.00. The summed E-state index contributed by atoms with van der Waals surface area (Å²) in [6.07, 6.45) is -15.6. The van der Waals surface area contributed by atoms with Crippen LogP contribution in [-0.4, -0.2) is 122 Å². The van der Waals surface area contributed by atoms with Crippen molar-refractivity contribution in [2.75, 3.05) is 13.7 Å². The van der Waals surface area contributed by atoms with Crippen molar-refractivity contribution in [2.45, 2.75) is 122 Å². The lowest BCUT2D eigenvalue weighted by Gasteiger charge is -2.46. The molecule has 3 aliphatic heterocycles. The Morgan fingerprint density at radius 3 is 1.70 bits per heavy atom. The summed E-state index contributed by atoms with van der Waals surface area (Å²) in [6, 6.07) is 9.24. The molecule has 3 aliphatic rings. The summed E-state index contributed by atoms with van der Waals surface area (Å²) in [5, 5.41) is 11.0. The predicted molar refractivity (Wildman–Crippen MR) is 196 cm³/mol. The lowest BCUT2D eigenvalue weighted by molar-refractivity contribution is -0.323. The van der Waals surface area contributed by atoms with Crippen LogP contribution in [0, 0.1) is 0 Å². The fourth-order valence-corrected chi connectivity index (χ4v) is 7.00. The maximum Gasteiger partial charge on any atom is 0.303 e. The third-order valence-corrected chi connectivity index (χ3v) is 9.27. The quantitative estimate of drug-likeness (QED) is 0.225. The monoisotopic (exact) mass is 846 g/mol. The summed E-state index contributed by atoms with van der Waals surface area (Å²) in [6.45, 7) is 7.31. The summed E-state index contributed by atoms with van der Waals surface area (Å²) < 4.78 is 68.7. The van der Waals surface area contributed by atoms with E-state index in [2.05, 4.69) is 0 Å². The lowest BCUT2D eigenvalue weighted by atomic mass is 9.95. The van der Waals surface area contributed by atoms with E-state index in [1.165, 1.54) is 20.1 Å². The van der Waals surface area contributed by atoms with Crippen LogP contribution >= 0.6 is 0 Å². The Morgan fingerprint density at radius 1 is 0.650 bits per heavy atom. The minimum absolute atomic E-state index is 0.0504. The summed E-state index contributed by atoms with van der Waals surface area (Å²) >= 11 is 0. The van der Waals surface area contributed by atoms with Crippen LogP contribution in [0.4, 0.5) is 0 Å². The maximum atomic E-state index is 13.3. The molecular weight excluding hydrogens is 800 g/mol. The van der Waals surface area contributed by atoms with Crippen molar-refractivity contribution in [3.63, 3.8) is 0 Å². The third-order valence-electron chi connectivity index (χ3n) is 9.27. The first kappa shape index (κ1) is 45.1. The molecule has 2 saturated heterocycles. The van der Waals surface area contributed by atoms with E-state index in [0.717, 1.165) is 47.6 Å². The van der Waals surface area contributed by atoms with Crippen LogP contribution in [0.15, 0.2) is 36.4 Å². The van der Waals surface area contributed by atoms with Gasteiger partial charge in [0.2, 0.25) is 12.4 Å². The van der Waals surface area contributed by atoms with Crippen LogP contribution in [0.1, 0.15) is 76.9 Å². The number of phenolic OH excluding ortho intramolecular Hbond substituents is 1. The topological polar surface area (TPSA) is 250 Å². The minimum atomic E-state index is -1.72. The van der Waals surface area contributed by atoms with Crippen molar-refractivity contribution in [1.29, 1.82) is 0 Å². The fraction of sp³-hybridized carbons (Fsp3) is 0.525. The van der Waals surface area contributed by atoms with E-state index in [9.17, 15) is 38.7 Å². The lowest BCUT2D eigenvalue weighted by Crippen LogP contribution is -2.64. The van der Waals surface area contributed by atoms with Crippen LogP contribution in [0.5, 0.6) is 23.0 Å². The summed E-state index contributed by atoms with van der Waals surface area (Å²) in [5.74, 6) is -5.63. The second-order valence-electron chi connectivity index (χ2n) is 14.0. The molecule has 20 heteroatoms. The highest BCUT2D eigenvalue weighted by Gasteiger charge is 2.55. The van der Waals surface area contributed by atoms with Gasteiger partial charge in [0.15, 0.2) is 42.6 Å². The molecule has 0 saturated carbocycles. The average molecular weight is 847 g/mol. The smallest absolute Gasteiger partial charge is 0.303 e. The average Bonchev–Trinajstić information content (AvgIpc) is 3.14. The molecule has 11 atom stereocenters. The molecule has 0 radical (unpaired) electrons. The zero-order valence-electron chi connectivity index (χ0n) is 33.9. The van der Waals surface area contributed by atoms with E-state index in [0.29, 0.717) is 11.3 Å². The molecular formula is C40H46O20. The Labute approximate surface area is 343 Å². The number of ketones is 1. The number of rotatable bonds is 13. The number of ether oxygens (including phenoxy) is 12. The van der Waals surface area contributed by atoms with Crippen LogP contribution in [0.2, 0.25) is 0 Å². The van der Waals surface area contributed by atoms with E-state index >= 15 is 0 Å². The van der Waals surface area contributed by atoms with Crippen LogP contribution in [0.3, 0.4) is 0 Å². The highest BCUT2D eigenvalue weighted by Crippen LogP contribution is 2.43.